The highest BCUT2D eigenvalue weighted by Crippen LogP contribution is 2.04. The van der Waals surface area contributed by atoms with Gasteiger partial charge in [0.1, 0.15) is 0 Å². The van der Waals surface area contributed by atoms with Crippen LogP contribution < -0.4 is 10.6 Å². The molecule has 1 aromatic carbocycles. The van der Waals surface area contributed by atoms with Crippen molar-refractivity contribution in [2.24, 2.45) is 5.92 Å². The number of rotatable bonds is 6. The molecule has 1 aromatic rings. The zero-order valence-corrected chi connectivity index (χ0v) is 11.3. The highest BCUT2D eigenvalue weighted by molar-refractivity contribution is 5.87. The smallest absolute Gasteiger partial charge is 0.335 e. The van der Waals surface area contributed by atoms with Gasteiger partial charge < -0.3 is 15.7 Å². The average molecular weight is 264 g/mol. The standard InChI is InChI=1S/C14H20N2O3/c1-10(2)7-8-15-14(19)16-9-11-3-5-12(6-4-11)13(17)18/h3-6,10H,7-9H2,1-2H3,(H,17,18)(H2,15,16,19). The summed E-state index contributed by atoms with van der Waals surface area (Å²) in [6.45, 7) is 5.24. The molecule has 0 aliphatic heterocycles. The van der Waals surface area contributed by atoms with Gasteiger partial charge in [-0.05, 0) is 30.0 Å². The summed E-state index contributed by atoms with van der Waals surface area (Å²) in [5, 5.41) is 14.2. The number of carboxylic acids is 1. The quantitative estimate of drug-likeness (QED) is 0.737. The molecular formula is C14H20N2O3. The molecule has 0 atom stereocenters. The molecule has 5 nitrogen and oxygen atoms in total. The Hall–Kier alpha value is -2.04. The minimum atomic E-state index is -0.953. The summed E-state index contributed by atoms with van der Waals surface area (Å²) in [6.07, 6.45) is 0.945. The molecule has 0 unspecified atom stereocenters. The van der Waals surface area contributed by atoms with Crippen LogP contribution in [-0.2, 0) is 6.54 Å². The summed E-state index contributed by atoms with van der Waals surface area (Å²) >= 11 is 0. The van der Waals surface area contributed by atoms with E-state index in [9.17, 15) is 9.59 Å². The molecule has 0 aromatic heterocycles. The summed E-state index contributed by atoms with van der Waals surface area (Å²) < 4.78 is 0. The minimum Gasteiger partial charge on any atom is -0.478 e. The molecule has 0 heterocycles. The Morgan fingerprint density at radius 3 is 2.32 bits per heavy atom. The first-order chi connectivity index (χ1) is 8.99. The fraction of sp³-hybridized carbons (Fsp3) is 0.429. The molecular weight excluding hydrogens is 244 g/mol. The Morgan fingerprint density at radius 1 is 1.16 bits per heavy atom. The molecule has 0 radical (unpaired) electrons. The monoisotopic (exact) mass is 264 g/mol. The van der Waals surface area contributed by atoms with Gasteiger partial charge in [-0.15, -0.1) is 0 Å². The molecule has 2 amide bonds. The lowest BCUT2D eigenvalue weighted by atomic mass is 10.1. The summed E-state index contributed by atoms with van der Waals surface area (Å²) in [6, 6.07) is 6.23. The molecule has 19 heavy (non-hydrogen) atoms. The predicted molar refractivity (Wildman–Crippen MR) is 73.1 cm³/mol. The SMILES string of the molecule is CC(C)CCNC(=O)NCc1ccc(C(=O)O)cc1. The van der Waals surface area contributed by atoms with Crippen molar-refractivity contribution in [1.82, 2.24) is 10.6 Å². The van der Waals surface area contributed by atoms with Crippen molar-refractivity contribution in [2.75, 3.05) is 6.54 Å². The summed E-state index contributed by atoms with van der Waals surface area (Å²) in [7, 11) is 0. The minimum absolute atomic E-state index is 0.206. The van der Waals surface area contributed by atoms with Crippen LogP contribution in [0, 0.1) is 5.92 Å². The Balaban J connectivity index is 2.32. The maximum atomic E-state index is 11.5. The molecule has 0 spiro atoms. The van der Waals surface area contributed by atoms with Gasteiger partial charge in [0.15, 0.2) is 0 Å². The Kier molecular flexibility index (Phi) is 5.85. The van der Waals surface area contributed by atoms with Crippen LogP contribution in [-0.4, -0.2) is 23.7 Å². The zero-order valence-electron chi connectivity index (χ0n) is 11.3. The Bertz CT molecular complexity index is 427. The van der Waals surface area contributed by atoms with Crippen LogP contribution in [0.4, 0.5) is 4.79 Å². The lowest BCUT2D eigenvalue weighted by molar-refractivity contribution is 0.0697. The van der Waals surface area contributed by atoms with Gasteiger partial charge in [0.05, 0.1) is 5.56 Å². The lowest BCUT2D eigenvalue weighted by Crippen LogP contribution is -2.35. The van der Waals surface area contributed by atoms with Gasteiger partial charge in [-0.1, -0.05) is 26.0 Å². The number of amides is 2. The number of nitrogens with one attached hydrogen (secondary N) is 2. The van der Waals surface area contributed by atoms with Crippen LogP contribution in [0.3, 0.4) is 0 Å². The first kappa shape index (κ1) is 15.0. The van der Waals surface area contributed by atoms with Gasteiger partial charge in [-0.3, -0.25) is 0 Å². The molecule has 3 N–H and O–H groups in total. The third-order valence-electron chi connectivity index (χ3n) is 2.66. The highest BCUT2D eigenvalue weighted by atomic mass is 16.4. The van der Waals surface area contributed by atoms with E-state index in [1.165, 1.54) is 12.1 Å². The van der Waals surface area contributed by atoms with Gasteiger partial charge in [-0.25, -0.2) is 9.59 Å². The number of carbonyl (C=O) groups excluding carboxylic acids is 1. The van der Waals surface area contributed by atoms with Crippen LogP contribution >= 0.6 is 0 Å². The third-order valence-corrected chi connectivity index (χ3v) is 2.66. The van der Waals surface area contributed by atoms with E-state index in [-0.39, 0.29) is 11.6 Å². The second-order valence-corrected chi connectivity index (χ2v) is 4.79. The van der Waals surface area contributed by atoms with E-state index >= 15 is 0 Å². The van der Waals surface area contributed by atoms with E-state index in [1.54, 1.807) is 12.1 Å². The normalized spacial score (nSPS) is 10.3. The van der Waals surface area contributed by atoms with Crippen LogP contribution in [0.5, 0.6) is 0 Å². The van der Waals surface area contributed by atoms with Crippen molar-refractivity contribution in [2.45, 2.75) is 26.8 Å². The van der Waals surface area contributed by atoms with Crippen LogP contribution in [0.2, 0.25) is 0 Å². The molecule has 0 aliphatic carbocycles. The maximum absolute atomic E-state index is 11.5. The Labute approximate surface area is 113 Å². The van der Waals surface area contributed by atoms with E-state index in [1.807, 2.05) is 0 Å². The van der Waals surface area contributed by atoms with Crippen LogP contribution in [0.1, 0.15) is 36.2 Å². The number of hydrogen-bond acceptors (Lipinski definition) is 2. The topological polar surface area (TPSA) is 78.4 Å². The second-order valence-electron chi connectivity index (χ2n) is 4.79. The first-order valence-corrected chi connectivity index (χ1v) is 6.33. The molecule has 0 fully saturated rings. The fourth-order valence-corrected chi connectivity index (χ4v) is 1.48. The number of carbonyl (C=O) groups is 2. The zero-order chi connectivity index (χ0) is 14.3. The number of carboxylic acid groups (broad SMARTS) is 1. The van der Waals surface area contributed by atoms with Gasteiger partial charge in [0.25, 0.3) is 0 Å². The molecule has 0 aliphatic rings. The van der Waals surface area contributed by atoms with Gasteiger partial charge in [0.2, 0.25) is 0 Å². The number of aromatic carboxylic acids is 1. The molecule has 0 saturated heterocycles. The maximum Gasteiger partial charge on any atom is 0.335 e. The summed E-state index contributed by atoms with van der Waals surface area (Å²) in [5.74, 6) is -0.394. The van der Waals surface area contributed by atoms with Gasteiger partial charge in [0, 0.05) is 13.1 Å². The van der Waals surface area contributed by atoms with Crippen molar-refractivity contribution < 1.29 is 14.7 Å². The number of urea groups is 1. The largest absolute Gasteiger partial charge is 0.478 e. The Morgan fingerprint density at radius 2 is 1.79 bits per heavy atom. The van der Waals surface area contributed by atoms with Gasteiger partial charge in [-0.2, -0.15) is 0 Å². The van der Waals surface area contributed by atoms with Crippen LogP contribution in [0.25, 0.3) is 0 Å². The average Bonchev–Trinajstić information content (AvgIpc) is 2.36. The van der Waals surface area contributed by atoms with Crippen LogP contribution in [0.15, 0.2) is 24.3 Å². The molecule has 5 heteroatoms. The third kappa shape index (κ3) is 5.90. The van der Waals surface area contributed by atoms with E-state index < -0.39 is 5.97 Å². The van der Waals surface area contributed by atoms with Gasteiger partial charge >= 0.3 is 12.0 Å². The van der Waals surface area contributed by atoms with E-state index in [4.69, 9.17) is 5.11 Å². The van der Waals surface area contributed by atoms with Crippen molar-refractivity contribution in [3.05, 3.63) is 35.4 Å². The summed E-state index contributed by atoms with van der Waals surface area (Å²) in [4.78, 5) is 22.1. The second kappa shape index (κ2) is 7.41. The number of hydrogen-bond donors (Lipinski definition) is 3. The van der Waals surface area contributed by atoms with E-state index in [2.05, 4.69) is 24.5 Å². The van der Waals surface area contributed by atoms with Crippen molar-refractivity contribution in [1.29, 1.82) is 0 Å². The number of benzene rings is 1. The van der Waals surface area contributed by atoms with Crippen molar-refractivity contribution >= 4 is 12.0 Å². The molecule has 0 bridgehead atoms. The van der Waals surface area contributed by atoms with E-state index in [0.717, 1.165) is 12.0 Å². The molecule has 104 valence electrons. The van der Waals surface area contributed by atoms with Crippen molar-refractivity contribution in [3.8, 4) is 0 Å². The van der Waals surface area contributed by atoms with Crippen molar-refractivity contribution in [3.63, 3.8) is 0 Å². The molecule has 0 saturated carbocycles. The molecule has 1 rings (SSSR count). The lowest BCUT2D eigenvalue weighted by Gasteiger charge is -2.09. The van der Waals surface area contributed by atoms with E-state index in [0.29, 0.717) is 19.0 Å². The predicted octanol–water partition coefficient (Wildman–Crippen LogP) is 2.23. The fourth-order valence-electron chi connectivity index (χ4n) is 1.48. The first-order valence-electron chi connectivity index (χ1n) is 6.33. The summed E-state index contributed by atoms with van der Waals surface area (Å²) in [5.41, 5.74) is 1.11. The highest BCUT2D eigenvalue weighted by Gasteiger charge is 2.03.